The third-order valence-corrected chi connectivity index (χ3v) is 3.29. The van der Waals surface area contributed by atoms with Crippen LogP contribution < -0.4 is 5.32 Å². The predicted octanol–water partition coefficient (Wildman–Crippen LogP) is 2.43. The van der Waals surface area contributed by atoms with Crippen molar-refractivity contribution in [2.75, 3.05) is 0 Å². The minimum absolute atomic E-state index is 0.166. The number of carbonyl (C=O) groups is 2. The first-order chi connectivity index (χ1) is 9.16. The Hall–Kier alpha value is -2.36. The van der Waals surface area contributed by atoms with Gasteiger partial charge in [0.1, 0.15) is 0 Å². The molecule has 0 radical (unpaired) electrons. The average Bonchev–Trinajstić information content (AvgIpc) is 3.21. The van der Waals surface area contributed by atoms with E-state index in [-0.39, 0.29) is 17.5 Å². The topological polar surface area (TPSA) is 66.4 Å². The zero-order valence-electron chi connectivity index (χ0n) is 10.2. The molecular formula is C15H13NO3. The summed E-state index contributed by atoms with van der Waals surface area (Å²) < 4.78 is 0. The number of benzene rings is 2. The summed E-state index contributed by atoms with van der Waals surface area (Å²) in [6.45, 7) is 0. The van der Waals surface area contributed by atoms with Gasteiger partial charge >= 0.3 is 5.97 Å². The fourth-order valence-corrected chi connectivity index (χ4v) is 2.20. The van der Waals surface area contributed by atoms with E-state index < -0.39 is 5.97 Å². The summed E-state index contributed by atoms with van der Waals surface area (Å²) >= 11 is 0. The molecule has 2 N–H and O–H groups in total. The minimum atomic E-state index is -1.02. The Morgan fingerprint density at radius 1 is 1.05 bits per heavy atom. The van der Waals surface area contributed by atoms with Crippen LogP contribution in [0.15, 0.2) is 36.4 Å². The summed E-state index contributed by atoms with van der Waals surface area (Å²) in [4.78, 5) is 23.5. The van der Waals surface area contributed by atoms with Crippen molar-refractivity contribution in [3.05, 3.63) is 47.5 Å². The zero-order valence-corrected chi connectivity index (χ0v) is 10.2. The number of nitrogens with one attached hydrogen (secondary N) is 1. The molecule has 4 nitrogen and oxygen atoms in total. The molecule has 2 aromatic carbocycles. The van der Waals surface area contributed by atoms with Gasteiger partial charge < -0.3 is 10.4 Å². The van der Waals surface area contributed by atoms with Gasteiger partial charge in [-0.2, -0.15) is 0 Å². The summed E-state index contributed by atoms with van der Waals surface area (Å²) in [5.41, 5.74) is 0.599. The van der Waals surface area contributed by atoms with Crippen molar-refractivity contribution in [2.24, 2.45) is 0 Å². The number of carbonyl (C=O) groups excluding carboxylic acids is 1. The summed E-state index contributed by atoms with van der Waals surface area (Å²) in [5.74, 6) is -1.21. The van der Waals surface area contributed by atoms with Crippen molar-refractivity contribution in [3.8, 4) is 0 Å². The van der Waals surface area contributed by atoms with Crippen molar-refractivity contribution in [3.63, 3.8) is 0 Å². The Morgan fingerprint density at radius 2 is 1.68 bits per heavy atom. The summed E-state index contributed by atoms with van der Waals surface area (Å²) in [5, 5.41) is 13.4. The van der Waals surface area contributed by atoms with E-state index in [1.165, 1.54) is 6.07 Å². The van der Waals surface area contributed by atoms with Crippen molar-refractivity contribution < 1.29 is 14.7 Å². The molecule has 1 aliphatic rings. The molecule has 96 valence electrons. The first-order valence-electron chi connectivity index (χ1n) is 6.23. The Kier molecular flexibility index (Phi) is 2.71. The monoisotopic (exact) mass is 255 g/mol. The minimum Gasteiger partial charge on any atom is -0.478 e. The molecule has 0 aromatic heterocycles. The normalized spacial score (nSPS) is 14.3. The lowest BCUT2D eigenvalue weighted by Gasteiger charge is -2.09. The van der Waals surface area contributed by atoms with E-state index in [0.717, 1.165) is 18.2 Å². The molecule has 0 atom stereocenters. The van der Waals surface area contributed by atoms with Gasteiger partial charge in [-0.05, 0) is 30.4 Å². The van der Waals surface area contributed by atoms with Gasteiger partial charge in [-0.25, -0.2) is 4.79 Å². The van der Waals surface area contributed by atoms with Crippen LogP contribution in [0.3, 0.4) is 0 Å². The maximum Gasteiger partial charge on any atom is 0.336 e. The Labute approximate surface area is 110 Å². The Morgan fingerprint density at radius 3 is 2.26 bits per heavy atom. The number of hydrogen-bond acceptors (Lipinski definition) is 2. The van der Waals surface area contributed by atoms with Gasteiger partial charge in [-0.15, -0.1) is 0 Å². The molecule has 1 amide bonds. The standard InChI is InChI=1S/C15H13NO3/c17-14(16-10-7-8-10)11-5-1-3-9-4-2-6-12(13(9)11)15(18)19/h1-6,10H,7-8H2,(H,16,17)(H,18,19). The van der Waals surface area contributed by atoms with Gasteiger partial charge in [-0.3, -0.25) is 4.79 Å². The highest BCUT2D eigenvalue weighted by molar-refractivity contribution is 6.14. The highest BCUT2D eigenvalue weighted by Crippen LogP contribution is 2.25. The fourth-order valence-electron chi connectivity index (χ4n) is 2.20. The largest absolute Gasteiger partial charge is 0.478 e. The summed E-state index contributed by atoms with van der Waals surface area (Å²) in [6, 6.07) is 10.5. The van der Waals surface area contributed by atoms with E-state index in [2.05, 4.69) is 5.32 Å². The third kappa shape index (κ3) is 2.17. The average molecular weight is 255 g/mol. The molecule has 0 heterocycles. The molecule has 3 rings (SSSR count). The molecule has 19 heavy (non-hydrogen) atoms. The SMILES string of the molecule is O=C(O)c1cccc2cccc(C(=O)NC3CC3)c12. The van der Waals surface area contributed by atoms with Gasteiger partial charge in [0.05, 0.1) is 5.56 Å². The second-order valence-electron chi connectivity index (χ2n) is 4.76. The van der Waals surface area contributed by atoms with Crippen molar-refractivity contribution >= 4 is 22.6 Å². The van der Waals surface area contributed by atoms with E-state index in [0.29, 0.717) is 10.9 Å². The third-order valence-electron chi connectivity index (χ3n) is 3.29. The van der Waals surface area contributed by atoms with E-state index in [1.54, 1.807) is 18.2 Å². The van der Waals surface area contributed by atoms with E-state index in [1.807, 2.05) is 12.1 Å². The Bertz CT molecular complexity index is 669. The van der Waals surface area contributed by atoms with Gasteiger partial charge in [-0.1, -0.05) is 24.3 Å². The van der Waals surface area contributed by atoms with Crippen LogP contribution >= 0.6 is 0 Å². The molecule has 0 aliphatic heterocycles. The smallest absolute Gasteiger partial charge is 0.336 e. The molecule has 1 saturated carbocycles. The molecule has 4 heteroatoms. The van der Waals surface area contributed by atoms with Crippen LogP contribution in [0.4, 0.5) is 0 Å². The van der Waals surface area contributed by atoms with Crippen LogP contribution in [0.2, 0.25) is 0 Å². The molecule has 2 aromatic rings. The second kappa shape index (κ2) is 4.39. The molecular weight excluding hydrogens is 242 g/mol. The number of aromatic carboxylic acids is 1. The number of rotatable bonds is 3. The summed E-state index contributed by atoms with van der Waals surface area (Å²) in [7, 11) is 0. The molecule has 0 bridgehead atoms. The summed E-state index contributed by atoms with van der Waals surface area (Å²) in [6.07, 6.45) is 2.00. The lowest BCUT2D eigenvalue weighted by molar-refractivity contribution is 0.0699. The molecule has 0 unspecified atom stereocenters. The maximum atomic E-state index is 12.2. The highest BCUT2D eigenvalue weighted by atomic mass is 16.4. The van der Waals surface area contributed by atoms with Crippen LogP contribution in [-0.2, 0) is 0 Å². The van der Waals surface area contributed by atoms with E-state index in [9.17, 15) is 14.7 Å². The zero-order chi connectivity index (χ0) is 13.4. The number of carboxylic acids is 1. The lowest BCUT2D eigenvalue weighted by Crippen LogP contribution is -2.25. The predicted molar refractivity (Wildman–Crippen MR) is 71.4 cm³/mol. The van der Waals surface area contributed by atoms with Crippen LogP contribution in [0.25, 0.3) is 10.8 Å². The molecule has 1 aliphatic carbocycles. The second-order valence-corrected chi connectivity index (χ2v) is 4.76. The molecule has 0 saturated heterocycles. The van der Waals surface area contributed by atoms with Crippen LogP contribution in [-0.4, -0.2) is 23.0 Å². The number of hydrogen-bond donors (Lipinski definition) is 2. The van der Waals surface area contributed by atoms with Gasteiger partial charge in [0, 0.05) is 17.0 Å². The van der Waals surface area contributed by atoms with Crippen LogP contribution in [0.1, 0.15) is 33.6 Å². The maximum absolute atomic E-state index is 12.2. The van der Waals surface area contributed by atoms with E-state index >= 15 is 0 Å². The number of carboxylic acid groups (broad SMARTS) is 1. The lowest BCUT2D eigenvalue weighted by atomic mass is 9.98. The fraction of sp³-hybridized carbons (Fsp3) is 0.200. The quantitative estimate of drug-likeness (QED) is 0.885. The van der Waals surface area contributed by atoms with Crippen molar-refractivity contribution in [1.29, 1.82) is 0 Å². The van der Waals surface area contributed by atoms with Crippen LogP contribution in [0, 0.1) is 0 Å². The number of amides is 1. The van der Waals surface area contributed by atoms with Gasteiger partial charge in [0.15, 0.2) is 0 Å². The van der Waals surface area contributed by atoms with Crippen molar-refractivity contribution in [2.45, 2.75) is 18.9 Å². The van der Waals surface area contributed by atoms with Gasteiger partial charge in [0.2, 0.25) is 0 Å². The first-order valence-corrected chi connectivity index (χ1v) is 6.23. The van der Waals surface area contributed by atoms with E-state index in [4.69, 9.17) is 0 Å². The molecule has 1 fully saturated rings. The van der Waals surface area contributed by atoms with Crippen molar-refractivity contribution in [1.82, 2.24) is 5.32 Å². The molecule has 0 spiro atoms. The van der Waals surface area contributed by atoms with Gasteiger partial charge in [0.25, 0.3) is 5.91 Å². The Balaban J connectivity index is 2.17. The van der Waals surface area contributed by atoms with Crippen LogP contribution in [0.5, 0.6) is 0 Å². The number of fused-ring (bicyclic) bond motifs is 1. The highest BCUT2D eigenvalue weighted by Gasteiger charge is 2.25. The first kappa shape index (κ1) is 11.7.